The van der Waals surface area contributed by atoms with Gasteiger partial charge >= 0.3 is 12.1 Å². The third-order valence-corrected chi connectivity index (χ3v) is 6.44. The minimum Gasteiger partial charge on any atom is -0.480 e. The quantitative estimate of drug-likeness (QED) is 0.470. The van der Waals surface area contributed by atoms with Gasteiger partial charge in [0.15, 0.2) is 5.13 Å². The average Bonchev–Trinajstić information content (AvgIpc) is 3.37. The Labute approximate surface area is 201 Å². The first-order valence-electron chi connectivity index (χ1n) is 10.8. The van der Waals surface area contributed by atoms with E-state index in [1.807, 2.05) is 36.4 Å². The van der Waals surface area contributed by atoms with Crippen LogP contribution in [0.3, 0.4) is 0 Å². The number of fused-ring (bicyclic) bond motifs is 3. The van der Waals surface area contributed by atoms with Gasteiger partial charge in [-0.2, -0.15) is 0 Å². The number of aliphatic carboxylic acids is 1. The number of nitrogens with one attached hydrogen (secondary N) is 2. The molecule has 0 spiro atoms. The lowest BCUT2D eigenvalue weighted by atomic mass is 9.87. The van der Waals surface area contributed by atoms with E-state index in [-0.39, 0.29) is 23.4 Å². The smallest absolute Gasteiger partial charge is 0.413 e. The molecular weight excluding hydrogens is 454 g/mol. The molecule has 0 saturated heterocycles. The van der Waals surface area contributed by atoms with Crippen LogP contribution < -0.4 is 10.6 Å². The minimum atomic E-state index is -1.13. The van der Waals surface area contributed by atoms with Crippen molar-refractivity contribution in [1.29, 1.82) is 0 Å². The van der Waals surface area contributed by atoms with Crippen molar-refractivity contribution in [2.24, 2.45) is 5.41 Å². The van der Waals surface area contributed by atoms with Crippen molar-refractivity contribution < 1.29 is 24.2 Å². The number of ether oxygens (including phenoxy) is 1. The summed E-state index contributed by atoms with van der Waals surface area (Å²) in [6.45, 7) is 5.32. The number of carboxylic acids is 1. The van der Waals surface area contributed by atoms with Gasteiger partial charge in [0.05, 0.1) is 0 Å². The number of benzene rings is 2. The van der Waals surface area contributed by atoms with Crippen LogP contribution in [0.15, 0.2) is 53.9 Å². The Hall–Kier alpha value is -3.72. The number of aromatic nitrogens is 1. The largest absolute Gasteiger partial charge is 0.480 e. The highest BCUT2D eigenvalue weighted by Gasteiger charge is 2.33. The molecule has 3 aromatic rings. The number of carbonyl (C=O) groups is 3. The van der Waals surface area contributed by atoms with Crippen LogP contribution in [-0.2, 0) is 9.53 Å². The predicted molar refractivity (Wildman–Crippen MR) is 129 cm³/mol. The van der Waals surface area contributed by atoms with Gasteiger partial charge in [0.1, 0.15) is 18.3 Å². The lowest BCUT2D eigenvalue weighted by Crippen LogP contribution is -2.49. The van der Waals surface area contributed by atoms with E-state index in [0.717, 1.165) is 33.6 Å². The molecule has 0 unspecified atom stereocenters. The zero-order chi connectivity index (χ0) is 24.5. The van der Waals surface area contributed by atoms with Crippen LogP contribution in [0.1, 0.15) is 48.3 Å². The fraction of sp³-hybridized carbons (Fsp3) is 0.280. The van der Waals surface area contributed by atoms with E-state index in [4.69, 9.17) is 4.74 Å². The number of thiazole rings is 1. The van der Waals surface area contributed by atoms with Gasteiger partial charge in [-0.25, -0.2) is 14.6 Å². The monoisotopic (exact) mass is 479 g/mol. The third kappa shape index (κ3) is 4.79. The second-order valence-corrected chi connectivity index (χ2v) is 9.96. The van der Waals surface area contributed by atoms with Crippen molar-refractivity contribution in [3.8, 4) is 11.1 Å². The third-order valence-electron chi connectivity index (χ3n) is 5.68. The van der Waals surface area contributed by atoms with Crippen LogP contribution >= 0.6 is 11.3 Å². The van der Waals surface area contributed by atoms with Gasteiger partial charge in [0.2, 0.25) is 0 Å². The van der Waals surface area contributed by atoms with Gasteiger partial charge < -0.3 is 15.2 Å². The molecule has 2 amide bonds. The zero-order valence-corrected chi connectivity index (χ0v) is 19.8. The van der Waals surface area contributed by atoms with E-state index in [1.54, 1.807) is 20.8 Å². The van der Waals surface area contributed by atoms with Crippen molar-refractivity contribution in [3.63, 3.8) is 0 Å². The van der Waals surface area contributed by atoms with E-state index in [0.29, 0.717) is 0 Å². The SMILES string of the molecule is CC(C)(C)[C@@H](NC(=O)c1csc(NC(=O)OCC2c3ccccc3-c3ccccc32)n1)C(=O)O. The number of nitrogens with zero attached hydrogens (tertiary/aromatic N) is 1. The molecule has 3 N–H and O–H groups in total. The van der Waals surface area contributed by atoms with Gasteiger partial charge in [-0.05, 0) is 27.7 Å². The molecule has 0 aliphatic heterocycles. The van der Waals surface area contributed by atoms with Crippen LogP contribution in [0.25, 0.3) is 11.1 Å². The Kier molecular flexibility index (Phi) is 6.39. The van der Waals surface area contributed by atoms with Gasteiger partial charge in [-0.15, -0.1) is 11.3 Å². The van der Waals surface area contributed by atoms with E-state index < -0.39 is 29.4 Å². The highest BCUT2D eigenvalue weighted by Crippen LogP contribution is 2.44. The Balaban J connectivity index is 1.38. The Morgan fingerprint density at radius 2 is 1.65 bits per heavy atom. The summed E-state index contributed by atoms with van der Waals surface area (Å²) in [7, 11) is 0. The molecule has 0 radical (unpaired) electrons. The number of rotatable bonds is 6. The van der Waals surface area contributed by atoms with Crippen molar-refractivity contribution >= 4 is 34.4 Å². The second-order valence-electron chi connectivity index (χ2n) is 9.10. The van der Waals surface area contributed by atoms with Crippen molar-refractivity contribution in [2.45, 2.75) is 32.7 Å². The molecule has 8 nitrogen and oxygen atoms in total. The van der Waals surface area contributed by atoms with Crippen LogP contribution in [-0.4, -0.2) is 40.7 Å². The van der Waals surface area contributed by atoms with Gasteiger partial charge in [-0.1, -0.05) is 69.3 Å². The Bertz CT molecular complexity index is 1200. The minimum absolute atomic E-state index is 0.0226. The first-order chi connectivity index (χ1) is 16.1. The van der Waals surface area contributed by atoms with Crippen molar-refractivity contribution in [2.75, 3.05) is 11.9 Å². The molecule has 2 aromatic carbocycles. The zero-order valence-electron chi connectivity index (χ0n) is 19.0. The molecular formula is C25H25N3O5S. The highest BCUT2D eigenvalue weighted by molar-refractivity contribution is 7.14. The summed E-state index contributed by atoms with van der Waals surface area (Å²) < 4.78 is 5.49. The summed E-state index contributed by atoms with van der Waals surface area (Å²) in [6.07, 6.45) is -0.679. The second kappa shape index (κ2) is 9.26. The van der Waals surface area contributed by atoms with Crippen LogP contribution in [0.5, 0.6) is 0 Å². The molecule has 176 valence electrons. The molecule has 1 atom stereocenters. The number of amides is 2. The summed E-state index contributed by atoms with van der Waals surface area (Å²) in [6, 6.07) is 15.0. The number of carbonyl (C=O) groups excluding carboxylic acids is 2. The molecule has 4 rings (SSSR count). The van der Waals surface area contributed by atoms with Crippen molar-refractivity contribution in [1.82, 2.24) is 10.3 Å². The fourth-order valence-electron chi connectivity index (χ4n) is 4.01. The van der Waals surface area contributed by atoms with E-state index in [1.165, 1.54) is 5.38 Å². The van der Waals surface area contributed by atoms with Gasteiger partial charge in [-0.3, -0.25) is 10.1 Å². The molecule has 0 saturated carbocycles. The number of hydrogen-bond acceptors (Lipinski definition) is 6. The van der Waals surface area contributed by atoms with Crippen LogP contribution in [0.4, 0.5) is 9.93 Å². The highest BCUT2D eigenvalue weighted by atomic mass is 32.1. The van der Waals surface area contributed by atoms with E-state index in [2.05, 4.69) is 27.8 Å². The summed E-state index contributed by atoms with van der Waals surface area (Å²) in [4.78, 5) is 40.5. The first-order valence-corrected chi connectivity index (χ1v) is 11.6. The Morgan fingerprint density at radius 3 is 2.21 bits per heavy atom. The molecule has 34 heavy (non-hydrogen) atoms. The lowest BCUT2D eigenvalue weighted by molar-refractivity contribution is -0.142. The maximum absolute atomic E-state index is 12.5. The van der Waals surface area contributed by atoms with Crippen LogP contribution in [0, 0.1) is 5.41 Å². The number of anilines is 1. The molecule has 1 aromatic heterocycles. The predicted octanol–water partition coefficient (Wildman–Crippen LogP) is 4.73. The van der Waals surface area contributed by atoms with Gasteiger partial charge in [0, 0.05) is 11.3 Å². The molecule has 1 aliphatic carbocycles. The summed E-state index contributed by atoms with van der Waals surface area (Å²) in [5.41, 5.74) is 3.83. The summed E-state index contributed by atoms with van der Waals surface area (Å²) >= 11 is 1.05. The normalized spacial score (nSPS) is 13.5. The molecule has 0 fully saturated rings. The number of carboxylic acid groups (broad SMARTS) is 1. The summed E-state index contributed by atoms with van der Waals surface area (Å²) in [5, 5.41) is 16.1. The molecule has 1 heterocycles. The topological polar surface area (TPSA) is 118 Å². The standard InChI is InChI=1S/C25H25N3O5S/c1-25(2,3)20(22(30)31)27-21(29)19-13-34-23(26-19)28-24(32)33-12-18-16-10-6-4-8-14(16)15-9-5-7-11-17(15)18/h4-11,13,18,20H,12H2,1-3H3,(H,27,29)(H,30,31)(H,26,28,32)/t20-/m0/s1. The lowest BCUT2D eigenvalue weighted by Gasteiger charge is -2.27. The van der Waals surface area contributed by atoms with Crippen molar-refractivity contribution in [3.05, 3.63) is 70.7 Å². The number of hydrogen-bond donors (Lipinski definition) is 3. The molecule has 1 aliphatic rings. The van der Waals surface area contributed by atoms with E-state index in [9.17, 15) is 19.5 Å². The van der Waals surface area contributed by atoms with Gasteiger partial charge in [0.25, 0.3) is 5.91 Å². The van der Waals surface area contributed by atoms with E-state index >= 15 is 0 Å². The average molecular weight is 480 g/mol. The maximum Gasteiger partial charge on any atom is 0.413 e. The molecule has 0 bridgehead atoms. The van der Waals surface area contributed by atoms with Crippen LogP contribution in [0.2, 0.25) is 0 Å². The maximum atomic E-state index is 12.5. The molecule has 9 heteroatoms. The fourth-order valence-corrected chi connectivity index (χ4v) is 4.69. The first kappa shape index (κ1) is 23.4. The summed E-state index contributed by atoms with van der Waals surface area (Å²) in [5.74, 6) is -1.83. The Morgan fingerprint density at radius 1 is 1.06 bits per heavy atom.